The minimum absolute atomic E-state index is 0.0456. The average molecular weight is 501 g/mol. The molecule has 2 aromatic heterocycles. The molecule has 2 aromatic carbocycles. The fraction of sp³-hybridized carbons (Fsp3) is 0.250. The van der Waals surface area contributed by atoms with Gasteiger partial charge in [0.05, 0.1) is 33.6 Å². The van der Waals surface area contributed by atoms with E-state index in [0.717, 1.165) is 5.56 Å². The Labute approximate surface area is 202 Å². The highest BCUT2D eigenvalue weighted by Crippen LogP contribution is 2.32. The summed E-state index contributed by atoms with van der Waals surface area (Å²) in [5, 5.41) is 3.21. The van der Waals surface area contributed by atoms with Gasteiger partial charge >= 0.3 is 0 Å². The Balaban J connectivity index is 1.68. The maximum absolute atomic E-state index is 14.7. The number of aryl methyl sites for hydroxylation is 1. The third-order valence-corrected chi connectivity index (χ3v) is 7.47. The van der Waals surface area contributed by atoms with Gasteiger partial charge in [0.1, 0.15) is 0 Å². The summed E-state index contributed by atoms with van der Waals surface area (Å²) in [7, 11) is -1.27. The third kappa shape index (κ3) is 4.82. The van der Waals surface area contributed by atoms with Crippen LogP contribution in [0.5, 0.6) is 5.75 Å². The summed E-state index contributed by atoms with van der Waals surface area (Å²) in [6.45, 7) is 2.80. The van der Waals surface area contributed by atoms with Crippen LogP contribution < -0.4 is 15.8 Å². The Morgan fingerprint density at radius 1 is 1.20 bits per heavy atom. The van der Waals surface area contributed by atoms with E-state index in [2.05, 4.69) is 19.6 Å². The van der Waals surface area contributed by atoms with Gasteiger partial charge < -0.3 is 15.8 Å². The van der Waals surface area contributed by atoms with Crippen molar-refractivity contribution in [3.05, 3.63) is 66.1 Å². The number of nitrogens with two attached hydrogens (primary N) is 1. The molecule has 4 rings (SSSR count). The van der Waals surface area contributed by atoms with Crippen molar-refractivity contribution >= 4 is 26.9 Å². The fourth-order valence-corrected chi connectivity index (χ4v) is 5.38. The number of aromatic nitrogens is 3. The molecule has 0 aliphatic rings. The van der Waals surface area contributed by atoms with Crippen LogP contribution in [0.4, 0.5) is 20.3 Å². The molecule has 8 nitrogen and oxygen atoms in total. The highest BCUT2D eigenvalue weighted by molar-refractivity contribution is 7.93. The number of nitrogens with one attached hydrogen (secondary N) is 1. The van der Waals surface area contributed by atoms with E-state index in [-0.39, 0.29) is 11.3 Å². The zero-order chi connectivity index (χ0) is 25.2. The van der Waals surface area contributed by atoms with Crippen LogP contribution in [-0.4, -0.2) is 45.0 Å². The molecule has 0 saturated heterocycles. The predicted molar refractivity (Wildman–Crippen MR) is 133 cm³/mol. The van der Waals surface area contributed by atoms with Crippen molar-refractivity contribution in [3.8, 4) is 17.0 Å². The largest absolute Gasteiger partial charge is 0.494 e. The SMILES string of the molecule is COc1ccc(-c2cnc3c(Nc4ccc([S@@](C)(=O)=NCCCN)c(C)c4)nccn23)c(F)c1F. The first-order valence-electron chi connectivity index (χ1n) is 10.9. The number of imidazole rings is 1. The van der Waals surface area contributed by atoms with Crippen molar-refractivity contribution in [3.63, 3.8) is 0 Å². The van der Waals surface area contributed by atoms with Crippen molar-refractivity contribution in [2.45, 2.75) is 18.2 Å². The molecule has 0 amide bonds. The zero-order valence-corrected chi connectivity index (χ0v) is 20.4. The molecule has 0 radical (unpaired) electrons. The Bertz CT molecular complexity index is 1510. The number of rotatable bonds is 8. The minimum atomic E-state index is -2.54. The van der Waals surface area contributed by atoms with E-state index >= 15 is 0 Å². The van der Waals surface area contributed by atoms with Crippen molar-refractivity contribution in [1.29, 1.82) is 0 Å². The van der Waals surface area contributed by atoms with Gasteiger partial charge in [0, 0.05) is 36.4 Å². The summed E-state index contributed by atoms with van der Waals surface area (Å²) in [6, 6.07) is 8.23. The smallest absolute Gasteiger partial charge is 0.201 e. The van der Waals surface area contributed by atoms with Gasteiger partial charge in [-0.3, -0.25) is 4.40 Å². The lowest BCUT2D eigenvalue weighted by molar-refractivity contribution is 0.372. The van der Waals surface area contributed by atoms with E-state index in [1.807, 2.05) is 13.0 Å². The maximum atomic E-state index is 14.7. The summed E-state index contributed by atoms with van der Waals surface area (Å²) >= 11 is 0. The van der Waals surface area contributed by atoms with E-state index in [4.69, 9.17) is 10.5 Å². The quantitative estimate of drug-likeness (QED) is 0.344. The highest BCUT2D eigenvalue weighted by atomic mass is 32.2. The molecule has 0 aliphatic carbocycles. The number of fused-ring (bicyclic) bond motifs is 1. The molecule has 0 bridgehead atoms. The van der Waals surface area contributed by atoms with Gasteiger partial charge in [0.25, 0.3) is 0 Å². The van der Waals surface area contributed by atoms with E-state index in [0.29, 0.717) is 47.3 Å². The topological polar surface area (TPSA) is 107 Å². The first-order valence-corrected chi connectivity index (χ1v) is 12.8. The van der Waals surface area contributed by atoms with E-state index in [9.17, 15) is 13.0 Å². The standard InChI is InChI=1S/C24H26F2N6O2S/c1-15-13-16(5-8-20(15)35(3,33)30-10-4-9-27)31-23-24-29-14-18(32(24)12-11-28-23)17-6-7-19(34-2)22(26)21(17)25/h5-8,11-14H,4,9-10,27H2,1-3H3,(H,28,31)/t35-/m1/s1. The second-order valence-electron chi connectivity index (χ2n) is 7.96. The van der Waals surface area contributed by atoms with Crippen LogP contribution in [0.1, 0.15) is 12.0 Å². The number of anilines is 2. The number of benzene rings is 2. The lowest BCUT2D eigenvalue weighted by Gasteiger charge is -2.12. The summed E-state index contributed by atoms with van der Waals surface area (Å²) < 4.78 is 52.8. The normalized spacial score (nSPS) is 13.0. The molecule has 0 unspecified atom stereocenters. The number of ether oxygens (including phenoxy) is 1. The third-order valence-electron chi connectivity index (χ3n) is 5.52. The van der Waals surface area contributed by atoms with E-state index in [1.165, 1.54) is 31.6 Å². The second-order valence-corrected chi connectivity index (χ2v) is 10.3. The molecule has 0 spiro atoms. The molecule has 2 heterocycles. The van der Waals surface area contributed by atoms with Gasteiger partial charge in [-0.1, -0.05) is 0 Å². The molecular weight excluding hydrogens is 474 g/mol. The fourth-order valence-electron chi connectivity index (χ4n) is 3.78. The Morgan fingerprint density at radius 2 is 2.00 bits per heavy atom. The van der Waals surface area contributed by atoms with Crippen molar-refractivity contribution in [1.82, 2.24) is 14.4 Å². The van der Waals surface area contributed by atoms with Gasteiger partial charge in [0.2, 0.25) is 5.82 Å². The number of hydrogen-bond acceptors (Lipinski definition) is 7. The number of hydrogen-bond donors (Lipinski definition) is 2. The van der Waals surface area contributed by atoms with Crippen LogP contribution >= 0.6 is 0 Å². The molecule has 4 aromatic rings. The molecule has 0 saturated carbocycles. The Kier molecular flexibility index (Phi) is 6.99. The van der Waals surface area contributed by atoms with Crippen LogP contribution in [0, 0.1) is 18.6 Å². The summed E-state index contributed by atoms with van der Waals surface area (Å²) in [6.07, 6.45) is 6.91. The Morgan fingerprint density at radius 3 is 2.71 bits per heavy atom. The number of methoxy groups -OCH3 is 1. The van der Waals surface area contributed by atoms with Crippen LogP contribution in [0.3, 0.4) is 0 Å². The minimum Gasteiger partial charge on any atom is -0.494 e. The van der Waals surface area contributed by atoms with Gasteiger partial charge in [-0.2, -0.15) is 4.39 Å². The molecule has 1 atom stereocenters. The number of nitrogens with zero attached hydrogens (tertiary/aromatic N) is 4. The van der Waals surface area contributed by atoms with Crippen molar-refractivity contribution < 1.29 is 17.7 Å². The average Bonchev–Trinajstić information content (AvgIpc) is 3.26. The highest BCUT2D eigenvalue weighted by Gasteiger charge is 2.19. The lowest BCUT2D eigenvalue weighted by Crippen LogP contribution is -2.05. The summed E-state index contributed by atoms with van der Waals surface area (Å²) in [5.74, 6) is -1.84. The first-order chi connectivity index (χ1) is 16.8. The van der Waals surface area contributed by atoms with E-state index in [1.54, 1.807) is 29.0 Å². The van der Waals surface area contributed by atoms with Crippen LogP contribution in [0.2, 0.25) is 0 Å². The van der Waals surface area contributed by atoms with E-state index < -0.39 is 21.4 Å². The molecule has 0 aliphatic heterocycles. The van der Waals surface area contributed by atoms with Gasteiger partial charge in [0.15, 0.2) is 23.0 Å². The van der Waals surface area contributed by atoms with Crippen molar-refractivity contribution in [2.24, 2.45) is 10.1 Å². The Hall–Kier alpha value is -3.57. The predicted octanol–water partition coefficient (Wildman–Crippen LogP) is 4.54. The molecule has 11 heteroatoms. The monoisotopic (exact) mass is 500 g/mol. The number of halogens is 2. The van der Waals surface area contributed by atoms with Crippen LogP contribution in [-0.2, 0) is 9.73 Å². The molecule has 3 N–H and O–H groups in total. The van der Waals surface area contributed by atoms with Gasteiger partial charge in [-0.15, -0.1) is 0 Å². The summed E-state index contributed by atoms with van der Waals surface area (Å²) in [5.41, 5.74) is 7.85. The first kappa shape index (κ1) is 24.6. The zero-order valence-electron chi connectivity index (χ0n) is 19.6. The van der Waals surface area contributed by atoms with Gasteiger partial charge in [-0.25, -0.2) is 22.9 Å². The molecule has 0 fully saturated rings. The lowest BCUT2D eigenvalue weighted by atomic mass is 10.1. The molecular formula is C24H26F2N6O2S. The van der Waals surface area contributed by atoms with Crippen LogP contribution in [0.15, 0.2) is 58.2 Å². The van der Waals surface area contributed by atoms with Crippen molar-refractivity contribution in [2.75, 3.05) is 31.8 Å². The van der Waals surface area contributed by atoms with Gasteiger partial charge in [-0.05, 0) is 55.8 Å². The molecule has 35 heavy (non-hydrogen) atoms. The molecule has 184 valence electrons. The maximum Gasteiger partial charge on any atom is 0.201 e. The summed E-state index contributed by atoms with van der Waals surface area (Å²) in [4.78, 5) is 9.39. The second kappa shape index (κ2) is 9.96. The van der Waals surface area contributed by atoms with Crippen LogP contribution in [0.25, 0.3) is 16.9 Å².